The highest BCUT2D eigenvalue weighted by Gasteiger charge is 2.29. The molecule has 1 saturated heterocycles. The van der Waals surface area contributed by atoms with Crippen LogP contribution in [-0.4, -0.2) is 41.0 Å². The van der Waals surface area contributed by atoms with Crippen molar-refractivity contribution >= 4 is 5.78 Å². The third-order valence-electron chi connectivity index (χ3n) is 3.20. The zero-order valence-corrected chi connectivity index (χ0v) is 9.42. The van der Waals surface area contributed by atoms with Crippen molar-refractivity contribution in [2.24, 2.45) is 5.92 Å². The first kappa shape index (κ1) is 11.7. The molecule has 0 aromatic heterocycles. The van der Waals surface area contributed by atoms with Crippen LogP contribution in [0.25, 0.3) is 0 Å². The Hall–Kier alpha value is -0.410. The third kappa shape index (κ3) is 3.07. The molecule has 0 radical (unpaired) electrons. The number of rotatable bonds is 3. The molecule has 0 saturated carbocycles. The summed E-state index contributed by atoms with van der Waals surface area (Å²) < 4.78 is 0. The SMILES string of the molecule is CC(C)C(C)(O)CN1CCC(=O)CC1. The Morgan fingerprint density at radius 3 is 2.36 bits per heavy atom. The first-order valence-corrected chi connectivity index (χ1v) is 5.38. The maximum absolute atomic E-state index is 11.0. The molecule has 0 aromatic rings. The molecule has 1 N–H and O–H groups in total. The largest absolute Gasteiger partial charge is 0.389 e. The molecule has 1 rings (SSSR count). The van der Waals surface area contributed by atoms with E-state index in [-0.39, 0.29) is 5.92 Å². The van der Waals surface area contributed by atoms with Crippen molar-refractivity contribution in [1.29, 1.82) is 0 Å². The number of aliphatic hydroxyl groups is 1. The van der Waals surface area contributed by atoms with Gasteiger partial charge in [0.15, 0.2) is 0 Å². The standard InChI is InChI=1S/C11H21NO2/c1-9(2)11(3,14)8-12-6-4-10(13)5-7-12/h9,14H,4-8H2,1-3H3. The molecule has 1 aliphatic rings. The first-order valence-electron chi connectivity index (χ1n) is 5.38. The molecule has 0 amide bonds. The fraction of sp³-hybridized carbons (Fsp3) is 0.909. The molecule has 1 heterocycles. The molecule has 1 atom stereocenters. The molecule has 0 aromatic carbocycles. The minimum Gasteiger partial charge on any atom is -0.389 e. The van der Waals surface area contributed by atoms with Crippen molar-refractivity contribution in [2.45, 2.75) is 39.2 Å². The van der Waals surface area contributed by atoms with Crippen LogP contribution in [0.4, 0.5) is 0 Å². The van der Waals surface area contributed by atoms with Gasteiger partial charge in [-0.15, -0.1) is 0 Å². The van der Waals surface area contributed by atoms with Gasteiger partial charge in [0.1, 0.15) is 5.78 Å². The van der Waals surface area contributed by atoms with E-state index >= 15 is 0 Å². The highest BCUT2D eigenvalue weighted by Crippen LogP contribution is 2.19. The number of nitrogens with zero attached hydrogens (tertiary/aromatic N) is 1. The van der Waals surface area contributed by atoms with E-state index in [9.17, 15) is 9.90 Å². The van der Waals surface area contributed by atoms with E-state index in [2.05, 4.69) is 4.90 Å². The van der Waals surface area contributed by atoms with Crippen molar-refractivity contribution in [1.82, 2.24) is 4.90 Å². The summed E-state index contributed by atoms with van der Waals surface area (Å²) in [6, 6.07) is 0. The van der Waals surface area contributed by atoms with Crippen molar-refractivity contribution in [3.63, 3.8) is 0 Å². The van der Waals surface area contributed by atoms with Crippen molar-refractivity contribution in [3.8, 4) is 0 Å². The molecule has 0 aliphatic carbocycles. The van der Waals surface area contributed by atoms with E-state index in [0.717, 1.165) is 13.1 Å². The quantitative estimate of drug-likeness (QED) is 0.739. The number of hydrogen-bond donors (Lipinski definition) is 1. The predicted octanol–water partition coefficient (Wildman–Crippen LogP) is 1.06. The Morgan fingerprint density at radius 2 is 1.93 bits per heavy atom. The van der Waals surface area contributed by atoms with Crippen LogP contribution in [0, 0.1) is 5.92 Å². The summed E-state index contributed by atoms with van der Waals surface area (Å²) in [6.45, 7) is 8.21. The maximum Gasteiger partial charge on any atom is 0.135 e. The van der Waals surface area contributed by atoms with Gasteiger partial charge in [-0.1, -0.05) is 13.8 Å². The lowest BCUT2D eigenvalue weighted by atomic mass is 9.91. The molecule has 0 bridgehead atoms. The Morgan fingerprint density at radius 1 is 1.43 bits per heavy atom. The highest BCUT2D eigenvalue weighted by molar-refractivity contribution is 5.79. The van der Waals surface area contributed by atoms with Crippen molar-refractivity contribution < 1.29 is 9.90 Å². The average molecular weight is 199 g/mol. The maximum atomic E-state index is 11.0. The number of carbonyl (C=O) groups excluding carboxylic acids is 1. The number of Topliss-reactive ketones (excluding diaryl/α,β-unsaturated/α-hetero) is 1. The second kappa shape index (κ2) is 4.41. The molecule has 3 heteroatoms. The van der Waals surface area contributed by atoms with Crippen LogP contribution in [0.15, 0.2) is 0 Å². The summed E-state index contributed by atoms with van der Waals surface area (Å²) in [6.07, 6.45) is 1.29. The lowest BCUT2D eigenvalue weighted by molar-refractivity contribution is -0.122. The van der Waals surface area contributed by atoms with E-state index in [0.29, 0.717) is 25.2 Å². The lowest BCUT2D eigenvalue weighted by Gasteiger charge is -2.35. The van der Waals surface area contributed by atoms with Crippen LogP contribution < -0.4 is 0 Å². The zero-order valence-electron chi connectivity index (χ0n) is 9.42. The summed E-state index contributed by atoms with van der Waals surface area (Å²) in [5.74, 6) is 0.602. The Labute approximate surface area is 86.1 Å². The van der Waals surface area contributed by atoms with E-state index in [1.807, 2.05) is 20.8 Å². The first-order chi connectivity index (χ1) is 6.42. The summed E-state index contributed by atoms with van der Waals surface area (Å²) in [5, 5.41) is 10.1. The third-order valence-corrected chi connectivity index (χ3v) is 3.20. The van der Waals surface area contributed by atoms with E-state index in [1.54, 1.807) is 0 Å². The summed E-state index contributed by atoms with van der Waals surface area (Å²) >= 11 is 0. The number of ketones is 1. The summed E-state index contributed by atoms with van der Waals surface area (Å²) in [5.41, 5.74) is -0.639. The number of β-amino-alcohol motifs (C(OH)–C–C–N with tert-alkyl or cyclic N) is 1. The summed E-state index contributed by atoms with van der Waals surface area (Å²) in [4.78, 5) is 13.2. The van der Waals surface area contributed by atoms with Crippen LogP contribution >= 0.6 is 0 Å². The minimum atomic E-state index is -0.639. The molecular formula is C11H21NO2. The number of likely N-dealkylation sites (tertiary alicyclic amines) is 1. The van der Waals surface area contributed by atoms with Crippen LogP contribution in [0.1, 0.15) is 33.6 Å². The smallest absolute Gasteiger partial charge is 0.135 e. The fourth-order valence-electron chi connectivity index (χ4n) is 1.60. The topological polar surface area (TPSA) is 40.5 Å². The molecule has 3 nitrogen and oxygen atoms in total. The predicted molar refractivity (Wildman–Crippen MR) is 56.1 cm³/mol. The molecule has 1 fully saturated rings. The van der Waals surface area contributed by atoms with Gasteiger partial charge in [-0.2, -0.15) is 0 Å². The summed E-state index contributed by atoms with van der Waals surface area (Å²) in [7, 11) is 0. The van der Waals surface area contributed by atoms with Crippen LogP contribution in [-0.2, 0) is 4.79 Å². The van der Waals surface area contributed by atoms with Gasteiger partial charge in [0.25, 0.3) is 0 Å². The minimum absolute atomic E-state index is 0.250. The molecular weight excluding hydrogens is 178 g/mol. The van der Waals surface area contributed by atoms with Crippen molar-refractivity contribution in [3.05, 3.63) is 0 Å². The normalized spacial score (nSPS) is 23.9. The highest BCUT2D eigenvalue weighted by atomic mass is 16.3. The van der Waals surface area contributed by atoms with Gasteiger partial charge in [0.2, 0.25) is 0 Å². The van der Waals surface area contributed by atoms with Gasteiger partial charge in [-0.25, -0.2) is 0 Å². The lowest BCUT2D eigenvalue weighted by Crippen LogP contribution is -2.47. The Bertz CT molecular complexity index is 201. The van der Waals surface area contributed by atoms with E-state index < -0.39 is 5.60 Å². The molecule has 1 aliphatic heterocycles. The molecule has 82 valence electrons. The average Bonchev–Trinajstić information content (AvgIpc) is 2.08. The van der Waals surface area contributed by atoms with Crippen LogP contribution in [0.3, 0.4) is 0 Å². The van der Waals surface area contributed by atoms with Gasteiger partial charge < -0.3 is 5.11 Å². The van der Waals surface area contributed by atoms with Gasteiger partial charge in [-0.05, 0) is 12.8 Å². The van der Waals surface area contributed by atoms with Gasteiger partial charge in [0.05, 0.1) is 5.60 Å². The van der Waals surface area contributed by atoms with Crippen LogP contribution in [0.2, 0.25) is 0 Å². The van der Waals surface area contributed by atoms with E-state index in [4.69, 9.17) is 0 Å². The van der Waals surface area contributed by atoms with Gasteiger partial charge >= 0.3 is 0 Å². The molecule has 0 spiro atoms. The number of piperidine rings is 1. The second-order valence-electron chi connectivity index (χ2n) is 4.83. The fourth-order valence-corrected chi connectivity index (χ4v) is 1.60. The molecule has 14 heavy (non-hydrogen) atoms. The monoisotopic (exact) mass is 199 g/mol. The number of carbonyl (C=O) groups is 1. The van der Waals surface area contributed by atoms with Gasteiger partial charge in [-0.3, -0.25) is 9.69 Å². The molecule has 1 unspecified atom stereocenters. The van der Waals surface area contributed by atoms with Crippen molar-refractivity contribution in [2.75, 3.05) is 19.6 Å². The zero-order chi connectivity index (χ0) is 10.8. The van der Waals surface area contributed by atoms with Crippen LogP contribution in [0.5, 0.6) is 0 Å². The number of hydrogen-bond acceptors (Lipinski definition) is 3. The van der Waals surface area contributed by atoms with Gasteiger partial charge in [0, 0.05) is 32.5 Å². The Balaban J connectivity index is 2.41. The second-order valence-corrected chi connectivity index (χ2v) is 4.83. The Kier molecular flexibility index (Phi) is 3.67. The van der Waals surface area contributed by atoms with E-state index in [1.165, 1.54) is 0 Å².